The van der Waals surface area contributed by atoms with Gasteiger partial charge < -0.3 is 5.11 Å². The van der Waals surface area contributed by atoms with Gasteiger partial charge in [0.05, 0.1) is 0 Å². The minimum atomic E-state index is -0.531. The summed E-state index contributed by atoms with van der Waals surface area (Å²) in [6.45, 7) is 2.20. The van der Waals surface area contributed by atoms with Crippen molar-refractivity contribution in [1.82, 2.24) is 0 Å². The molecule has 0 aromatic heterocycles. The Balaban J connectivity index is 1.76. The highest BCUT2D eigenvalue weighted by Gasteiger charge is 2.34. The van der Waals surface area contributed by atoms with Crippen molar-refractivity contribution in [1.29, 1.82) is 0 Å². The van der Waals surface area contributed by atoms with Crippen molar-refractivity contribution in [2.45, 2.75) is 37.6 Å². The fraction of sp³-hybridized carbons (Fsp3) is 0.194. The van der Waals surface area contributed by atoms with Gasteiger partial charge in [-0.05, 0) is 60.6 Å². The Hall–Kier alpha value is -3.65. The Morgan fingerprint density at radius 3 is 1.82 bits per heavy atom. The maximum absolute atomic E-state index is 11.6. The Morgan fingerprint density at radius 2 is 1.30 bits per heavy atom. The molecule has 164 valence electrons. The van der Waals surface area contributed by atoms with Gasteiger partial charge in [-0.15, -0.1) is 0 Å². The molecule has 0 unspecified atom stereocenters. The molecule has 0 radical (unpaired) electrons. The fourth-order valence-electron chi connectivity index (χ4n) is 4.68. The maximum atomic E-state index is 11.6. The smallest absolute Gasteiger partial charge is 0.128 e. The van der Waals surface area contributed by atoms with Crippen LogP contribution in [-0.4, -0.2) is 17.4 Å². The average Bonchev–Trinajstić information content (AvgIpc) is 2.85. The van der Waals surface area contributed by atoms with E-state index in [1.165, 1.54) is 6.42 Å². The van der Waals surface area contributed by atoms with Gasteiger partial charge in [-0.3, -0.25) is 4.99 Å². The van der Waals surface area contributed by atoms with Crippen molar-refractivity contribution >= 4 is 6.21 Å². The van der Waals surface area contributed by atoms with Crippen molar-refractivity contribution in [2.75, 3.05) is 0 Å². The number of nitrogens with zero attached hydrogens (tertiary/aromatic N) is 1. The second-order valence-electron chi connectivity index (χ2n) is 9.05. The van der Waals surface area contributed by atoms with Gasteiger partial charge in [0.1, 0.15) is 5.75 Å². The molecule has 4 aromatic rings. The topological polar surface area (TPSA) is 32.6 Å². The van der Waals surface area contributed by atoms with Gasteiger partial charge in [-0.1, -0.05) is 91.0 Å². The number of aliphatic imine (C=N–C) groups is 1. The number of phenols is 1. The molecule has 0 amide bonds. The summed E-state index contributed by atoms with van der Waals surface area (Å²) in [5, 5.41) is 11.6. The quantitative estimate of drug-likeness (QED) is 0.251. The lowest BCUT2D eigenvalue weighted by Gasteiger charge is -2.33. The molecule has 5 rings (SSSR count). The molecule has 1 saturated carbocycles. The number of hydrogen-bond donors (Lipinski definition) is 1. The largest absolute Gasteiger partial charge is 0.507 e. The molecular weight excluding hydrogens is 402 g/mol. The molecule has 0 atom stereocenters. The van der Waals surface area contributed by atoms with Crippen molar-refractivity contribution in [3.63, 3.8) is 0 Å². The zero-order valence-electron chi connectivity index (χ0n) is 19.0. The van der Waals surface area contributed by atoms with Crippen LogP contribution < -0.4 is 0 Å². The van der Waals surface area contributed by atoms with E-state index in [-0.39, 0.29) is 0 Å². The third-order valence-electron chi connectivity index (χ3n) is 6.99. The van der Waals surface area contributed by atoms with E-state index >= 15 is 0 Å². The summed E-state index contributed by atoms with van der Waals surface area (Å²) < 4.78 is 0. The molecule has 1 fully saturated rings. The van der Waals surface area contributed by atoms with E-state index in [4.69, 9.17) is 4.99 Å². The summed E-state index contributed by atoms with van der Waals surface area (Å²) in [4.78, 5) is 4.78. The third-order valence-corrected chi connectivity index (χ3v) is 6.99. The molecule has 0 bridgehead atoms. The van der Waals surface area contributed by atoms with Gasteiger partial charge in [0.15, 0.2) is 0 Å². The number of rotatable bonds is 6. The van der Waals surface area contributed by atoms with Crippen LogP contribution >= 0.6 is 0 Å². The van der Waals surface area contributed by atoms with Gasteiger partial charge in [0.25, 0.3) is 0 Å². The van der Waals surface area contributed by atoms with Crippen LogP contribution in [-0.2, 0) is 5.41 Å². The summed E-state index contributed by atoms with van der Waals surface area (Å²) in [5.41, 5.74) is 5.61. The lowest BCUT2D eigenvalue weighted by molar-refractivity contribution is 0.421. The molecule has 2 heteroatoms. The number of hydrogen-bond acceptors (Lipinski definition) is 2. The summed E-state index contributed by atoms with van der Waals surface area (Å²) in [6, 6.07) is 35.8. The molecule has 1 aliphatic carbocycles. The van der Waals surface area contributed by atoms with Crippen LogP contribution in [0.5, 0.6) is 5.75 Å². The van der Waals surface area contributed by atoms with Crippen LogP contribution in [0, 0.1) is 0 Å². The van der Waals surface area contributed by atoms with Crippen molar-refractivity contribution in [3.8, 4) is 16.9 Å². The van der Waals surface area contributed by atoms with Crippen molar-refractivity contribution < 1.29 is 5.11 Å². The van der Waals surface area contributed by atoms with Crippen LogP contribution in [0.2, 0.25) is 0 Å². The minimum absolute atomic E-state index is 0.299. The first-order valence-corrected chi connectivity index (χ1v) is 11.7. The molecule has 4 aromatic carbocycles. The molecule has 0 heterocycles. The minimum Gasteiger partial charge on any atom is -0.507 e. The summed E-state index contributed by atoms with van der Waals surface area (Å²) in [7, 11) is 0. The predicted molar refractivity (Wildman–Crippen MR) is 137 cm³/mol. The van der Waals surface area contributed by atoms with Crippen LogP contribution in [0.25, 0.3) is 11.1 Å². The van der Waals surface area contributed by atoms with Crippen molar-refractivity contribution in [2.24, 2.45) is 4.99 Å². The van der Waals surface area contributed by atoms with E-state index in [0.29, 0.717) is 11.8 Å². The van der Waals surface area contributed by atoms with E-state index in [2.05, 4.69) is 91.9 Å². The summed E-state index contributed by atoms with van der Waals surface area (Å²) in [6.07, 6.45) is 5.39. The van der Waals surface area contributed by atoms with Gasteiger partial charge in [-0.25, -0.2) is 0 Å². The zero-order chi connectivity index (χ0) is 22.7. The maximum Gasteiger partial charge on any atom is 0.128 e. The van der Waals surface area contributed by atoms with E-state index in [1.807, 2.05) is 24.4 Å². The van der Waals surface area contributed by atoms with Crippen LogP contribution in [0.1, 0.15) is 48.4 Å². The lowest BCUT2D eigenvalue weighted by atomic mass is 9.70. The molecule has 1 aliphatic rings. The van der Waals surface area contributed by atoms with Crippen LogP contribution in [0.4, 0.5) is 0 Å². The molecule has 0 aliphatic heterocycles. The normalized spacial score (nSPS) is 14.3. The first-order chi connectivity index (χ1) is 16.2. The molecule has 0 spiro atoms. The van der Waals surface area contributed by atoms with Gasteiger partial charge in [0, 0.05) is 28.8 Å². The number of aromatic hydroxyl groups is 1. The first-order valence-electron chi connectivity index (χ1n) is 11.7. The van der Waals surface area contributed by atoms with Gasteiger partial charge in [0.2, 0.25) is 0 Å². The van der Waals surface area contributed by atoms with Gasteiger partial charge >= 0.3 is 0 Å². The second-order valence-corrected chi connectivity index (χ2v) is 9.05. The van der Waals surface area contributed by atoms with E-state index in [0.717, 1.165) is 46.2 Å². The second kappa shape index (κ2) is 9.07. The fourth-order valence-corrected chi connectivity index (χ4v) is 4.68. The number of benzene rings is 4. The number of phenolic OH excluding ortho intramolecular Hbond substituents is 1. The Bertz CT molecular complexity index is 1200. The molecule has 33 heavy (non-hydrogen) atoms. The van der Waals surface area contributed by atoms with E-state index in [1.54, 1.807) is 0 Å². The van der Waals surface area contributed by atoms with Crippen LogP contribution in [0.15, 0.2) is 108 Å². The lowest BCUT2D eigenvalue weighted by Crippen LogP contribution is -2.26. The highest BCUT2D eigenvalue weighted by Crippen LogP contribution is 2.45. The standard InChI is InChI=1S/C31H29NO/c1-31(26-14-7-3-8-15-26,27-16-9-4-10-17-27)29-21-24(23-12-5-2-6-13-23)20-25(30(29)33)22-32-28-18-11-19-28/h2-10,12-17,20-22,28,33H,11,18-19H2,1H3. The average molecular weight is 432 g/mol. The molecule has 0 saturated heterocycles. The SMILES string of the molecule is CC(c1ccccc1)(c1ccccc1)c1cc(-c2ccccc2)cc(C=NC2CCC2)c1O. The summed E-state index contributed by atoms with van der Waals surface area (Å²) >= 11 is 0. The Kier molecular flexibility index (Phi) is 5.83. The summed E-state index contributed by atoms with van der Waals surface area (Å²) in [5.74, 6) is 0.299. The Labute approximate surface area is 196 Å². The molecule has 1 N–H and O–H groups in total. The monoisotopic (exact) mass is 431 g/mol. The first kappa shape index (κ1) is 21.2. The third kappa shape index (κ3) is 4.09. The highest BCUT2D eigenvalue weighted by molar-refractivity contribution is 5.88. The van der Waals surface area contributed by atoms with Crippen molar-refractivity contribution in [3.05, 3.63) is 125 Å². The molecule has 2 nitrogen and oxygen atoms in total. The Morgan fingerprint density at radius 1 is 0.758 bits per heavy atom. The zero-order valence-corrected chi connectivity index (χ0v) is 19.0. The van der Waals surface area contributed by atoms with Gasteiger partial charge in [-0.2, -0.15) is 0 Å². The van der Waals surface area contributed by atoms with Crippen LogP contribution in [0.3, 0.4) is 0 Å². The van der Waals surface area contributed by atoms with E-state index in [9.17, 15) is 5.11 Å². The molecular formula is C31H29NO. The highest BCUT2D eigenvalue weighted by atomic mass is 16.3. The van der Waals surface area contributed by atoms with E-state index < -0.39 is 5.41 Å². The predicted octanol–water partition coefficient (Wildman–Crippen LogP) is 7.38.